The number of anilines is 1. The fourth-order valence-corrected chi connectivity index (χ4v) is 3.15. The number of halogens is 2. The molecule has 0 saturated carbocycles. The zero-order valence-electron chi connectivity index (χ0n) is 14.7. The van der Waals surface area contributed by atoms with Gasteiger partial charge in [0.2, 0.25) is 0 Å². The molecule has 2 aromatic carbocycles. The summed E-state index contributed by atoms with van der Waals surface area (Å²) in [7, 11) is 0. The highest BCUT2D eigenvalue weighted by Crippen LogP contribution is 2.22. The van der Waals surface area contributed by atoms with E-state index in [2.05, 4.69) is 45.1 Å². The quantitative estimate of drug-likeness (QED) is 0.403. The Morgan fingerprint density at radius 1 is 1.26 bits per heavy atom. The molecule has 0 radical (unpaired) electrons. The van der Waals surface area contributed by atoms with Crippen LogP contribution in [0.3, 0.4) is 0 Å². The first-order valence-corrected chi connectivity index (χ1v) is 9.02. The Bertz CT molecular complexity index is 828. The van der Waals surface area contributed by atoms with Gasteiger partial charge in [-0.05, 0) is 30.3 Å². The molecule has 1 aliphatic heterocycles. The number of nitrogens with two attached hydrogens (primary N) is 1. The van der Waals surface area contributed by atoms with Crippen molar-refractivity contribution in [3.63, 3.8) is 0 Å². The first-order valence-electron chi connectivity index (χ1n) is 8.61. The van der Waals surface area contributed by atoms with Crippen LogP contribution in [-0.2, 0) is 6.54 Å². The topological polar surface area (TPSA) is 65.7 Å². The van der Waals surface area contributed by atoms with E-state index in [1.54, 1.807) is 0 Å². The molecule has 1 fully saturated rings. The monoisotopic (exact) mass is 389 g/mol. The summed E-state index contributed by atoms with van der Waals surface area (Å²) in [5.74, 6) is -1.11. The maximum Gasteiger partial charge on any atom is 0.184 e. The predicted octanol–water partition coefficient (Wildman–Crippen LogP) is 2.82. The van der Waals surface area contributed by atoms with E-state index in [1.807, 2.05) is 18.2 Å². The number of likely N-dealkylation sites (tertiary alicyclic amines) is 1. The van der Waals surface area contributed by atoms with Crippen LogP contribution in [0.4, 0.5) is 14.5 Å². The van der Waals surface area contributed by atoms with Gasteiger partial charge in [0, 0.05) is 37.3 Å². The van der Waals surface area contributed by atoms with Crippen molar-refractivity contribution >= 4 is 29.2 Å². The second-order valence-electron chi connectivity index (χ2n) is 6.44. The summed E-state index contributed by atoms with van der Waals surface area (Å²) in [4.78, 5) is 2.30. The van der Waals surface area contributed by atoms with Crippen molar-refractivity contribution in [1.82, 2.24) is 10.3 Å². The highest BCUT2D eigenvalue weighted by molar-refractivity contribution is 7.80. The number of hydrogen-bond acceptors (Lipinski definition) is 4. The smallest absolute Gasteiger partial charge is 0.184 e. The first kappa shape index (κ1) is 19.2. The van der Waals surface area contributed by atoms with Crippen LogP contribution in [0.5, 0.6) is 0 Å². The maximum atomic E-state index is 14.3. The summed E-state index contributed by atoms with van der Waals surface area (Å²) in [5, 5.41) is 6.71. The molecule has 5 nitrogen and oxygen atoms in total. The van der Waals surface area contributed by atoms with Crippen LogP contribution >= 0.6 is 12.2 Å². The van der Waals surface area contributed by atoms with E-state index in [-0.39, 0.29) is 22.4 Å². The fraction of sp³-hybridized carbons (Fsp3) is 0.263. The molecule has 1 saturated heterocycles. The van der Waals surface area contributed by atoms with Crippen LogP contribution in [0.1, 0.15) is 17.5 Å². The van der Waals surface area contributed by atoms with Gasteiger partial charge in [0.15, 0.2) is 5.11 Å². The number of nitrogens with zero attached hydrogens (tertiary/aromatic N) is 2. The average molecular weight is 389 g/mol. The minimum Gasteiger partial charge on any atom is -0.379 e. The van der Waals surface area contributed by atoms with Crippen molar-refractivity contribution in [3.8, 4) is 0 Å². The van der Waals surface area contributed by atoms with Gasteiger partial charge >= 0.3 is 0 Å². The summed E-state index contributed by atoms with van der Waals surface area (Å²) in [6.45, 7) is 2.53. The summed E-state index contributed by atoms with van der Waals surface area (Å²) < 4.78 is 28.5. The molecule has 1 heterocycles. The molecule has 0 bridgehead atoms. The highest BCUT2D eigenvalue weighted by Gasteiger charge is 2.23. The van der Waals surface area contributed by atoms with Crippen LogP contribution in [-0.4, -0.2) is 35.4 Å². The van der Waals surface area contributed by atoms with Crippen molar-refractivity contribution in [3.05, 3.63) is 65.2 Å². The maximum absolute atomic E-state index is 14.3. The molecule has 0 aromatic heterocycles. The molecule has 0 amide bonds. The van der Waals surface area contributed by atoms with Crippen LogP contribution in [0.2, 0.25) is 0 Å². The molecule has 2 aromatic rings. The Morgan fingerprint density at radius 3 is 2.78 bits per heavy atom. The summed E-state index contributed by atoms with van der Waals surface area (Å²) in [6, 6.07) is 12.5. The molecule has 27 heavy (non-hydrogen) atoms. The summed E-state index contributed by atoms with van der Waals surface area (Å²) >= 11 is 4.59. The lowest BCUT2D eigenvalue weighted by Crippen LogP contribution is -2.26. The Hall–Kier alpha value is -2.58. The third kappa shape index (κ3) is 5.45. The van der Waals surface area contributed by atoms with Gasteiger partial charge in [-0.2, -0.15) is 5.10 Å². The predicted molar refractivity (Wildman–Crippen MR) is 108 cm³/mol. The number of hydrogen-bond donors (Lipinski definition) is 3. The SMILES string of the molecule is NC(=S)NN=Cc1cc(F)c(N[C@@H]2CCN(Cc3ccccc3)C2)cc1F. The van der Waals surface area contributed by atoms with Crippen molar-refractivity contribution in [2.45, 2.75) is 19.0 Å². The van der Waals surface area contributed by atoms with Gasteiger partial charge in [-0.25, -0.2) is 8.78 Å². The van der Waals surface area contributed by atoms with Crippen LogP contribution in [0.25, 0.3) is 0 Å². The standard InChI is InChI=1S/C19H21F2N5S/c20-16-9-18(17(21)8-14(16)10-23-25-19(22)27)24-15-6-7-26(12-15)11-13-4-2-1-3-5-13/h1-5,8-10,15,24H,6-7,11-12H2,(H3,22,25,27)/t15-/m1/s1. The molecule has 0 unspecified atom stereocenters. The van der Waals surface area contributed by atoms with E-state index >= 15 is 0 Å². The van der Waals surface area contributed by atoms with E-state index in [0.29, 0.717) is 0 Å². The molecule has 142 valence electrons. The molecule has 4 N–H and O–H groups in total. The van der Waals surface area contributed by atoms with Crippen LogP contribution < -0.4 is 16.5 Å². The number of nitrogens with one attached hydrogen (secondary N) is 2. The van der Waals surface area contributed by atoms with E-state index < -0.39 is 11.6 Å². The second kappa shape index (κ2) is 8.88. The van der Waals surface area contributed by atoms with E-state index in [0.717, 1.165) is 44.4 Å². The van der Waals surface area contributed by atoms with E-state index in [1.165, 1.54) is 5.56 Å². The molecule has 0 spiro atoms. The van der Waals surface area contributed by atoms with Gasteiger partial charge < -0.3 is 11.1 Å². The lowest BCUT2D eigenvalue weighted by atomic mass is 10.1. The van der Waals surface area contributed by atoms with Crippen molar-refractivity contribution in [1.29, 1.82) is 0 Å². The summed E-state index contributed by atoms with van der Waals surface area (Å²) in [6.07, 6.45) is 2.01. The van der Waals surface area contributed by atoms with E-state index in [4.69, 9.17) is 5.73 Å². The lowest BCUT2D eigenvalue weighted by molar-refractivity contribution is 0.328. The zero-order valence-corrected chi connectivity index (χ0v) is 15.5. The van der Waals surface area contributed by atoms with Gasteiger partial charge in [-0.3, -0.25) is 10.3 Å². The molecule has 1 aliphatic rings. The van der Waals surface area contributed by atoms with Gasteiger partial charge in [0.25, 0.3) is 0 Å². The number of rotatable bonds is 6. The third-order valence-electron chi connectivity index (χ3n) is 4.35. The van der Waals surface area contributed by atoms with Crippen LogP contribution in [0.15, 0.2) is 47.6 Å². The normalized spacial score (nSPS) is 17.3. The molecule has 0 aliphatic carbocycles. The Morgan fingerprint density at radius 2 is 2.04 bits per heavy atom. The summed E-state index contributed by atoms with van der Waals surface area (Å²) in [5.41, 5.74) is 8.94. The number of thiocarbonyl (C=S) groups is 1. The Kier molecular flexibility index (Phi) is 6.31. The van der Waals surface area contributed by atoms with Crippen molar-refractivity contribution < 1.29 is 8.78 Å². The second-order valence-corrected chi connectivity index (χ2v) is 6.88. The van der Waals surface area contributed by atoms with Gasteiger partial charge in [0.1, 0.15) is 11.6 Å². The highest BCUT2D eigenvalue weighted by atomic mass is 32.1. The van der Waals surface area contributed by atoms with E-state index in [9.17, 15) is 8.78 Å². The number of hydrazone groups is 1. The van der Waals surface area contributed by atoms with Gasteiger partial charge in [-0.1, -0.05) is 30.3 Å². The lowest BCUT2D eigenvalue weighted by Gasteiger charge is -2.18. The van der Waals surface area contributed by atoms with Crippen LogP contribution in [0, 0.1) is 11.6 Å². The van der Waals surface area contributed by atoms with Gasteiger partial charge in [0.05, 0.1) is 11.9 Å². The minimum absolute atomic E-state index is 0.0129. The molecule has 8 heteroatoms. The first-order chi connectivity index (χ1) is 13.0. The van der Waals surface area contributed by atoms with Gasteiger partial charge in [-0.15, -0.1) is 0 Å². The molecule has 1 atom stereocenters. The molecular formula is C19H21F2N5S. The molecule has 3 rings (SSSR count). The largest absolute Gasteiger partial charge is 0.379 e. The van der Waals surface area contributed by atoms with Crippen molar-refractivity contribution in [2.24, 2.45) is 10.8 Å². The number of benzene rings is 2. The Labute approximate surface area is 162 Å². The van der Waals surface area contributed by atoms with Crippen molar-refractivity contribution in [2.75, 3.05) is 18.4 Å². The third-order valence-corrected chi connectivity index (χ3v) is 4.44. The Balaban J connectivity index is 1.60. The zero-order chi connectivity index (χ0) is 19.2. The fourth-order valence-electron chi connectivity index (χ4n) is 3.09. The average Bonchev–Trinajstić information content (AvgIpc) is 3.06. The molecular weight excluding hydrogens is 368 g/mol. The minimum atomic E-state index is -0.577.